The first kappa shape index (κ1) is 25.1. The SMILES string of the molecule is CC(C)Sc1cccc(C(=O)N(CCN2CCOCC2)c2nc3ccc(S(C)(=O)=O)cc3s2)c1. The number of hydrogen-bond donors (Lipinski definition) is 0. The number of thioether (sulfide) groups is 1. The lowest BCUT2D eigenvalue weighted by atomic mass is 10.2. The second kappa shape index (κ2) is 10.7. The Morgan fingerprint density at radius 3 is 2.68 bits per heavy atom. The Bertz CT molecular complexity index is 1270. The van der Waals surface area contributed by atoms with Gasteiger partial charge in [0.2, 0.25) is 0 Å². The van der Waals surface area contributed by atoms with Gasteiger partial charge in [0.15, 0.2) is 15.0 Å². The van der Waals surface area contributed by atoms with Crippen molar-refractivity contribution in [2.24, 2.45) is 0 Å². The third-order valence-electron chi connectivity index (χ3n) is 5.45. The van der Waals surface area contributed by atoms with Crippen LogP contribution in [-0.2, 0) is 14.6 Å². The van der Waals surface area contributed by atoms with Crippen molar-refractivity contribution in [1.82, 2.24) is 9.88 Å². The van der Waals surface area contributed by atoms with Crippen molar-refractivity contribution < 1.29 is 17.9 Å². The highest BCUT2D eigenvalue weighted by atomic mass is 32.2. The van der Waals surface area contributed by atoms with Crippen LogP contribution in [0.1, 0.15) is 24.2 Å². The first-order chi connectivity index (χ1) is 16.2. The Morgan fingerprint density at radius 1 is 1.21 bits per heavy atom. The fourth-order valence-electron chi connectivity index (χ4n) is 3.72. The molecular formula is C24H29N3O4S3. The van der Waals surface area contributed by atoms with E-state index in [9.17, 15) is 13.2 Å². The number of amides is 1. The minimum Gasteiger partial charge on any atom is -0.379 e. The zero-order valence-electron chi connectivity index (χ0n) is 19.6. The quantitative estimate of drug-likeness (QED) is 0.413. The molecule has 3 aromatic rings. The summed E-state index contributed by atoms with van der Waals surface area (Å²) in [5, 5.41) is 0.983. The molecule has 10 heteroatoms. The van der Waals surface area contributed by atoms with Gasteiger partial charge in [-0.1, -0.05) is 31.3 Å². The van der Waals surface area contributed by atoms with Crippen molar-refractivity contribution in [2.45, 2.75) is 28.9 Å². The molecule has 0 unspecified atom stereocenters. The molecule has 182 valence electrons. The summed E-state index contributed by atoms with van der Waals surface area (Å²) in [5.41, 5.74) is 1.30. The highest BCUT2D eigenvalue weighted by Crippen LogP contribution is 2.32. The lowest BCUT2D eigenvalue weighted by molar-refractivity contribution is 0.0391. The molecule has 2 heterocycles. The van der Waals surface area contributed by atoms with Crippen molar-refractivity contribution in [3.63, 3.8) is 0 Å². The van der Waals surface area contributed by atoms with Crippen LogP contribution >= 0.6 is 23.1 Å². The lowest BCUT2D eigenvalue weighted by Crippen LogP contribution is -2.43. The molecule has 4 rings (SSSR count). The zero-order chi connectivity index (χ0) is 24.3. The number of thiazole rings is 1. The molecule has 1 amide bonds. The molecule has 0 spiro atoms. The molecule has 1 saturated heterocycles. The van der Waals surface area contributed by atoms with Gasteiger partial charge in [-0.05, 0) is 36.4 Å². The second-order valence-electron chi connectivity index (χ2n) is 8.50. The van der Waals surface area contributed by atoms with Crippen LogP contribution in [0.25, 0.3) is 10.2 Å². The fourth-order valence-corrected chi connectivity index (χ4v) is 6.37. The summed E-state index contributed by atoms with van der Waals surface area (Å²) in [4.78, 5) is 23.7. The monoisotopic (exact) mass is 519 g/mol. The number of hydrogen-bond acceptors (Lipinski definition) is 8. The Balaban J connectivity index is 1.66. The molecule has 34 heavy (non-hydrogen) atoms. The third-order valence-corrected chi connectivity index (χ3v) is 8.60. The summed E-state index contributed by atoms with van der Waals surface area (Å²) in [7, 11) is -3.33. The number of morpholine rings is 1. The van der Waals surface area contributed by atoms with Gasteiger partial charge >= 0.3 is 0 Å². The zero-order valence-corrected chi connectivity index (χ0v) is 22.0. The van der Waals surface area contributed by atoms with Gasteiger partial charge in [0.1, 0.15) is 0 Å². The maximum Gasteiger partial charge on any atom is 0.260 e. The summed E-state index contributed by atoms with van der Waals surface area (Å²) >= 11 is 3.06. The fraction of sp³-hybridized carbons (Fsp3) is 0.417. The van der Waals surface area contributed by atoms with E-state index in [1.54, 1.807) is 34.9 Å². The Labute approximate surface area is 209 Å². The van der Waals surface area contributed by atoms with E-state index in [0.29, 0.717) is 47.8 Å². The normalized spacial score (nSPS) is 15.2. The standard InChI is InChI=1S/C24H29N3O4S3/c1-17(2)32-19-6-4-5-18(15-19)23(28)27(10-9-26-11-13-31-14-12-26)24-25-21-8-7-20(34(3,29)30)16-22(21)33-24/h4-8,15-17H,9-14H2,1-3H3. The van der Waals surface area contributed by atoms with Crippen molar-refractivity contribution in [2.75, 3.05) is 50.5 Å². The Morgan fingerprint density at radius 2 is 1.97 bits per heavy atom. The van der Waals surface area contributed by atoms with Crippen LogP contribution in [0, 0.1) is 0 Å². The van der Waals surface area contributed by atoms with E-state index in [1.165, 1.54) is 17.6 Å². The first-order valence-corrected chi connectivity index (χ1v) is 14.8. The van der Waals surface area contributed by atoms with Gasteiger partial charge in [-0.3, -0.25) is 14.6 Å². The molecule has 0 bridgehead atoms. The van der Waals surface area contributed by atoms with Gasteiger partial charge in [0.05, 0.1) is 28.3 Å². The van der Waals surface area contributed by atoms with Crippen LogP contribution in [0.5, 0.6) is 0 Å². The molecule has 0 atom stereocenters. The minimum absolute atomic E-state index is 0.109. The number of ether oxygens (including phenoxy) is 1. The minimum atomic E-state index is -3.33. The smallest absolute Gasteiger partial charge is 0.260 e. The van der Waals surface area contributed by atoms with Crippen molar-refractivity contribution >= 4 is 54.2 Å². The predicted molar refractivity (Wildman–Crippen MR) is 139 cm³/mol. The van der Waals surface area contributed by atoms with Gasteiger partial charge in [-0.2, -0.15) is 0 Å². The van der Waals surface area contributed by atoms with Gasteiger partial charge in [0, 0.05) is 48.1 Å². The maximum atomic E-state index is 13.7. The number of fused-ring (bicyclic) bond motifs is 1. The van der Waals surface area contributed by atoms with Gasteiger partial charge in [0.25, 0.3) is 5.91 Å². The van der Waals surface area contributed by atoms with Crippen LogP contribution in [0.4, 0.5) is 5.13 Å². The molecule has 7 nitrogen and oxygen atoms in total. The molecule has 1 aromatic heterocycles. The number of rotatable bonds is 8. The number of sulfone groups is 1. The number of aromatic nitrogens is 1. The number of anilines is 1. The van der Waals surface area contributed by atoms with Gasteiger partial charge in [-0.15, -0.1) is 11.8 Å². The van der Waals surface area contributed by atoms with Crippen LogP contribution in [0.3, 0.4) is 0 Å². The van der Waals surface area contributed by atoms with E-state index in [2.05, 4.69) is 18.7 Å². The summed E-state index contributed by atoms with van der Waals surface area (Å²) in [6.07, 6.45) is 1.19. The second-order valence-corrected chi connectivity index (χ2v) is 13.2. The average molecular weight is 520 g/mol. The molecule has 0 radical (unpaired) electrons. The maximum absolute atomic E-state index is 13.7. The summed E-state index contributed by atoms with van der Waals surface area (Å²) in [6.45, 7) is 8.49. The number of carbonyl (C=O) groups excluding carboxylic acids is 1. The summed E-state index contributed by atoms with van der Waals surface area (Å²) in [6, 6.07) is 12.6. The van der Waals surface area contributed by atoms with E-state index < -0.39 is 9.84 Å². The summed E-state index contributed by atoms with van der Waals surface area (Å²) in [5.74, 6) is -0.109. The first-order valence-electron chi connectivity index (χ1n) is 11.2. The van der Waals surface area contributed by atoms with E-state index >= 15 is 0 Å². The molecule has 1 aliphatic rings. The van der Waals surface area contributed by atoms with Crippen molar-refractivity contribution in [3.05, 3.63) is 48.0 Å². The summed E-state index contributed by atoms with van der Waals surface area (Å²) < 4.78 is 30.2. The van der Waals surface area contributed by atoms with E-state index in [4.69, 9.17) is 9.72 Å². The van der Waals surface area contributed by atoms with Gasteiger partial charge in [-0.25, -0.2) is 13.4 Å². The Hall–Kier alpha value is -1.98. The molecule has 0 N–H and O–H groups in total. The topological polar surface area (TPSA) is 79.8 Å². The number of benzene rings is 2. The van der Waals surface area contributed by atoms with E-state index in [1.807, 2.05) is 24.3 Å². The lowest BCUT2D eigenvalue weighted by Gasteiger charge is -2.29. The molecule has 2 aromatic carbocycles. The molecule has 1 aliphatic heterocycles. The van der Waals surface area contributed by atoms with E-state index in [0.717, 1.165) is 22.7 Å². The predicted octanol–water partition coefficient (Wildman–Crippen LogP) is 4.18. The van der Waals surface area contributed by atoms with Crippen molar-refractivity contribution in [3.8, 4) is 0 Å². The van der Waals surface area contributed by atoms with Crippen LogP contribution in [-0.4, -0.2) is 75.1 Å². The number of carbonyl (C=O) groups is 1. The highest BCUT2D eigenvalue weighted by Gasteiger charge is 2.24. The van der Waals surface area contributed by atoms with Crippen LogP contribution in [0.2, 0.25) is 0 Å². The Kier molecular flexibility index (Phi) is 7.94. The van der Waals surface area contributed by atoms with Crippen LogP contribution < -0.4 is 4.90 Å². The van der Waals surface area contributed by atoms with Crippen molar-refractivity contribution in [1.29, 1.82) is 0 Å². The highest BCUT2D eigenvalue weighted by molar-refractivity contribution is 7.99. The number of nitrogens with zero attached hydrogens (tertiary/aromatic N) is 3. The van der Waals surface area contributed by atoms with Crippen LogP contribution in [0.15, 0.2) is 52.3 Å². The van der Waals surface area contributed by atoms with Gasteiger partial charge < -0.3 is 4.74 Å². The molecule has 0 saturated carbocycles. The van der Waals surface area contributed by atoms with E-state index in [-0.39, 0.29) is 10.8 Å². The molecular weight excluding hydrogens is 490 g/mol. The third kappa shape index (κ3) is 6.17. The molecule has 1 fully saturated rings. The largest absolute Gasteiger partial charge is 0.379 e. The average Bonchev–Trinajstić information content (AvgIpc) is 3.22. The molecule has 0 aliphatic carbocycles.